The Balaban J connectivity index is 1.67. The van der Waals surface area contributed by atoms with Crippen molar-refractivity contribution in [3.8, 4) is 5.75 Å². The molecule has 1 unspecified atom stereocenters. The highest BCUT2D eigenvalue weighted by molar-refractivity contribution is 7.88. The van der Waals surface area contributed by atoms with E-state index in [1.165, 1.54) is 35.7 Å². The van der Waals surface area contributed by atoms with Crippen molar-refractivity contribution in [2.75, 3.05) is 25.5 Å². The summed E-state index contributed by atoms with van der Waals surface area (Å²) in [5.74, 6) is -0.749. The predicted octanol–water partition coefficient (Wildman–Crippen LogP) is 3.01. The van der Waals surface area contributed by atoms with Crippen LogP contribution < -0.4 is 10.1 Å². The van der Waals surface area contributed by atoms with Gasteiger partial charge in [0.15, 0.2) is 0 Å². The lowest BCUT2D eigenvalue weighted by Gasteiger charge is -2.31. The van der Waals surface area contributed by atoms with E-state index < -0.39 is 21.8 Å². The van der Waals surface area contributed by atoms with Crippen LogP contribution >= 0.6 is 0 Å². The maximum atomic E-state index is 13.0. The second-order valence-corrected chi connectivity index (χ2v) is 8.74. The highest BCUT2D eigenvalue weighted by atomic mass is 32.2. The fourth-order valence-electron chi connectivity index (χ4n) is 3.27. The Labute approximate surface area is 164 Å². The second kappa shape index (κ2) is 8.70. The lowest BCUT2D eigenvalue weighted by atomic mass is 9.98. The smallest absolute Gasteiger partial charge is 0.228 e. The Hall–Kier alpha value is -2.45. The molecule has 6 nitrogen and oxygen atoms in total. The maximum Gasteiger partial charge on any atom is 0.228 e. The van der Waals surface area contributed by atoms with Crippen LogP contribution in [0.15, 0.2) is 48.5 Å². The third kappa shape index (κ3) is 4.88. The van der Waals surface area contributed by atoms with Gasteiger partial charge in [0.1, 0.15) is 11.6 Å². The molecule has 0 saturated carbocycles. The Morgan fingerprint density at radius 2 is 1.93 bits per heavy atom. The molecule has 0 aromatic heterocycles. The van der Waals surface area contributed by atoms with Gasteiger partial charge in [0.2, 0.25) is 15.9 Å². The van der Waals surface area contributed by atoms with Crippen LogP contribution in [0.25, 0.3) is 0 Å². The van der Waals surface area contributed by atoms with Crippen LogP contribution in [0.2, 0.25) is 0 Å². The molecular weight excluding hydrogens is 383 g/mol. The molecule has 1 fully saturated rings. The van der Waals surface area contributed by atoms with E-state index in [1.807, 2.05) is 0 Å². The van der Waals surface area contributed by atoms with Crippen LogP contribution in [0.3, 0.4) is 0 Å². The van der Waals surface area contributed by atoms with Gasteiger partial charge < -0.3 is 10.1 Å². The first kappa shape index (κ1) is 20.3. The third-order valence-electron chi connectivity index (χ3n) is 4.78. The van der Waals surface area contributed by atoms with Crippen LogP contribution in [0.1, 0.15) is 18.4 Å². The number of carbonyl (C=O) groups is 1. The van der Waals surface area contributed by atoms with Crippen LogP contribution in [0.4, 0.5) is 10.1 Å². The van der Waals surface area contributed by atoms with Gasteiger partial charge in [-0.15, -0.1) is 0 Å². The summed E-state index contributed by atoms with van der Waals surface area (Å²) in [6, 6.07) is 12.5. The van der Waals surface area contributed by atoms with Crippen molar-refractivity contribution < 1.29 is 22.3 Å². The number of piperidine rings is 1. The molecule has 1 N–H and O–H groups in total. The average Bonchev–Trinajstić information content (AvgIpc) is 2.70. The molecule has 1 amide bonds. The zero-order valence-electron chi connectivity index (χ0n) is 15.6. The van der Waals surface area contributed by atoms with Crippen molar-refractivity contribution in [1.82, 2.24) is 4.31 Å². The molecule has 1 aliphatic heterocycles. The number of hydrogen-bond donors (Lipinski definition) is 1. The molecule has 150 valence electrons. The number of nitrogens with zero attached hydrogens (tertiary/aromatic N) is 1. The van der Waals surface area contributed by atoms with Crippen molar-refractivity contribution in [2.24, 2.45) is 5.92 Å². The van der Waals surface area contributed by atoms with E-state index in [2.05, 4.69) is 5.32 Å². The van der Waals surface area contributed by atoms with E-state index in [9.17, 15) is 17.6 Å². The summed E-state index contributed by atoms with van der Waals surface area (Å²) in [5.41, 5.74) is 1.07. The van der Waals surface area contributed by atoms with Gasteiger partial charge in [-0.2, -0.15) is 0 Å². The first-order valence-corrected chi connectivity index (χ1v) is 10.7. The van der Waals surface area contributed by atoms with Gasteiger partial charge >= 0.3 is 0 Å². The summed E-state index contributed by atoms with van der Waals surface area (Å²) in [7, 11) is -2.07. The molecule has 2 aromatic carbocycles. The molecule has 1 aliphatic rings. The fourth-order valence-corrected chi connectivity index (χ4v) is 4.88. The SMILES string of the molecule is COc1ccccc1NC(=O)C1CCCN(S(=O)(=O)Cc2ccc(F)cc2)C1. The van der Waals surface area contributed by atoms with Crippen molar-refractivity contribution in [3.63, 3.8) is 0 Å². The first-order chi connectivity index (χ1) is 13.4. The van der Waals surface area contributed by atoms with Crippen molar-refractivity contribution >= 4 is 21.6 Å². The molecule has 2 aromatic rings. The largest absolute Gasteiger partial charge is 0.495 e. The van der Waals surface area contributed by atoms with E-state index in [4.69, 9.17) is 4.74 Å². The van der Waals surface area contributed by atoms with E-state index in [0.29, 0.717) is 36.4 Å². The molecule has 28 heavy (non-hydrogen) atoms. The molecule has 1 heterocycles. The van der Waals surface area contributed by atoms with Gasteiger partial charge in [0.05, 0.1) is 24.5 Å². The number of hydrogen-bond acceptors (Lipinski definition) is 4. The molecule has 8 heteroatoms. The average molecular weight is 406 g/mol. The third-order valence-corrected chi connectivity index (χ3v) is 6.59. The number of nitrogens with one attached hydrogen (secondary N) is 1. The van der Waals surface area contributed by atoms with E-state index in [1.54, 1.807) is 24.3 Å². The van der Waals surface area contributed by atoms with E-state index >= 15 is 0 Å². The molecular formula is C20H23FN2O4S. The summed E-state index contributed by atoms with van der Waals surface area (Å²) >= 11 is 0. The van der Waals surface area contributed by atoms with Gasteiger partial charge in [0.25, 0.3) is 0 Å². The quantitative estimate of drug-likeness (QED) is 0.800. The lowest BCUT2D eigenvalue weighted by molar-refractivity contribution is -0.120. The highest BCUT2D eigenvalue weighted by Gasteiger charge is 2.32. The Kier molecular flexibility index (Phi) is 6.31. The highest BCUT2D eigenvalue weighted by Crippen LogP contribution is 2.26. The minimum absolute atomic E-state index is 0.129. The number of halogens is 1. The molecule has 0 spiro atoms. The van der Waals surface area contributed by atoms with Crippen molar-refractivity contribution in [3.05, 3.63) is 59.9 Å². The number of sulfonamides is 1. The topological polar surface area (TPSA) is 75.7 Å². The zero-order valence-corrected chi connectivity index (χ0v) is 16.4. The summed E-state index contributed by atoms with van der Waals surface area (Å²) in [6.07, 6.45) is 1.22. The van der Waals surface area contributed by atoms with Crippen LogP contribution in [0, 0.1) is 11.7 Å². The molecule has 0 bridgehead atoms. The van der Waals surface area contributed by atoms with E-state index in [0.717, 1.165) is 0 Å². The minimum atomic E-state index is -3.60. The van der Waals surface area contributed by atoms with Gasteiger partial charge in [-0.05, 0) is 42.7 Å². The molecule has 0 aliphatic carbocycles. The Morgan fingerprint density at radius 3 is 2.64 bits per heavy atom. The number of rotatable bonds is 6. The van der Waals surface area contributed by atoms with Crippen LogP contribution in [0.5, 0.6) is 5.75 Å². The standard InChI is InChI=1S/C20H23FN2O4S/c1-27-19-7-3-2-6-18(19)22-20(24)16-5-4-12-23(13-16)28(25,26)14-15-8-10-17(21)11-9-15/h2-3,6-11,16H,4-5,12-14H2,1H3,(H,22,24). The lowest BCUT2D eigenvalue weighted by Crippen LogP contribution is -2.44. The Bertz CT molecular complexity index is 931. The molecule has 0 radical (unpaired) electrons. The van der Waals surface area contributed by atoms with Crippen molar-refractivity contribution in [2.45, 2.75) is 18.6 Å². The summed E-state index contributed by atoms with van der Waals surface area (Å²) in [4.78, 5) is 12.7. The maximum absolute atomic E-state index is 13.0. The van der Waals surface area contributed by atoms with Crippen molar-refractivity contribution in [1.29, 1.82) is 0 Å². The number of methoxy groups -OCH3 is 1. The zero-order chi connectivity index (χ0) is 20.1. The fraction of sp³-hybridized carbons (Fsp3) is 0.350. The molecule has 3 rings (SSSR count). The van der Waals surface area contributed by atoms with E-state index in [-0.39, 0.29) is 18.2 Å². The number of para-hydroxylation sites is 2. The normalized spacial score (nSPS) is 17.9. The number of benzene rings is 2. The summed E-state index contributed by atoms with van der Waals surface area (Å²) in [6.45, 7) is 0.506. The monoisotopic (exact) mass is 406 g/mol. The minimum Gasteiger partial charge on any atom is -0.495 e. The second-order valence-electron chi connectivity index (χ2n) is 6.77. The first-order valence-electron chi connectivity index (χ1n) is 9.05. The molecule has 1 atom stereocenters. The summed E-state index contributed by atoms with van der Waals surface area (Å²) in [5, 5.41) is 2.83. The number of ether oxygens (including phenoxy) is 1. The van der Waals surface area contributed by atoms with Crippen LogP contribution in [-0.2, 0) is 20.6 Å². The van der Waals surface area contributed by atoms with Gasteiger partial charge in [-0.1, -0.05) is 24.3 Å². The number of amides is 1. The van der Waals surface area contributed by atoms with Crippen LogP contribution in [-0.4, -0.2) is 38.8 Å². The molecule has 1 saturated heterocycles. The summed E-state index contributed by atoms with van der Waals surface area (Å²) < 4.78 is 45.1. The van der Waals surface area contributed by atoms with Gasteiger partial charge in [-0.3, -0.25) is 4.79 Å². The Morgan fingerprint density at radius 1 is 1.21 bits per heavy atom. The van der Waals surface area contributed by atoms with Gasteiger partial charge in [-0.25, -0.2) is 17.1 Å². The number of carbonyl (C=O) groups excluding carboxylic acids is 1. The predicted molar refractivity (Wildman–Crippen MR) is 105 cm³/mol. The van der Waals surface area contributed by atoms with Gasteiger partial charge in [0, 0.05) is 13.1 Å². The number of anilines is 1.